The van der Waals surface area contributed by atoms with Crippen molar-refractivity contribution in [2.45, 2.75) is 13.0 Å². The summed E-state index contributed by atoms with van der Waals surface area (Å²) < 4.78 is 27.0. The molecule has 0 aliphatic rings. The van der Waals surface area contributed by atoms with E-state index in [4.69, 9.17) is 47.2 Å². The summed E-state index contributed by atoms with van der Waals surface area (Å²) in [6, 6.07) is 9.89. The number of methoxy groups -OCH3 is 1. The number of rotatable bonds is 10. The van der Waals surface area contributed by atoms with Crippen LogP contribution in [-0.2, 0) is 4.79 Å². The smallest absolute Gasteiger partial charge is 0.349 e. The van der Waals surface area contributed by atoms with Crippen molar-refractivity contribution in [1.82, 2.24) is 14.8 Å². The molecular weight excluding hydrogens is 525 g/mol. The number of H-pyrrole nitrogens is 1. The van der Waals surface area contributed by atoms with E-state index in [9.17, 15) is 4.79 Å². The van der Waals surface area contributed by atoms with Gasteiger partial charge in [-0.1, -0.05) is 0 Å². The molecule has 0 amide bonds. The van der Waals surface area contributed by atoms with Gasteiger partial charge >= 0.3 is 5.69 Å². The third-order valence-electron chi connectivity index (χ3n) is 4.92. The number of aromatic amines is 1. The molecule has 0 saturated carbocycles. The number of nitrogens with zero attached hydrogens (tertiary/aromatic N) is 3. The van der Waals surface area contributed by atoms with Crippen molar-refractivity contribution >= 4 is 23.3 Å². The number of nitrogens with two attached hydrogens (primary N) is 3. The van der Waals surface area contributed by atoms with Gasteiger partial charge in [0.2, 0.25) is 0 Å². The molecule has 14 nitrogen and oxygen atoms in total. The first kappa shape index (κ1) is 30.4. The zero-order valence-corrected chi connectivity index (χ0v) is 21.5. The van der Waals surface area contributed by atoms with Crippen LogP contribution in [0, 0.1) is 22.6 Å². The molecule has 0 bridgehead atoms. The number of aromatic nitrogens is 3. The highest BCUT2D eigenvalue weighted by Crippen LogP contribution is 2.34. The molecule has 1 aromatic heterocycles. The number of carbonyl (C=O) groups is 1. The molecule has 3 aromatic rings. The Balaban J connectivity index is 0.00000131. The highest BCUT2D eigenvalue weighted by Gasteiger charge is 2.26. The Morgan fingerprint density at radius 2 is 2.00 bits per heavy atom. The molecule has 3 rings (SSSR count). The predicted molar refractivity (Wildman–Crippen MR) is 145 cm³/mol. The molecule has 0 fully saturated rings. The van der Waals surface area contributed by atoms with Crippen LogP contribution in [0.1, 0.15) is 29.9 Å². The number of anilines is 1. The van der Waals surface area contributed by atoms with Crippen molar-refractivity contribution in [1.29, 1.82) is 10.7 Å². The molecule has 40 heavy (non-hydrogen) atoms. The van der Waals surface area contributed by atoms with E-state index in [1.165, 1.54) is 37.6 Å². The van der Waals surface area contributed by atoms with Crippen LogP contribution in [-0.4, -0.2) is 45.4 Å². The number of carboxylic acid groups (broad SMARTS) is 1. The lowest BCUT2D eigenvalue weighted by Crippen LogP contribution is -2.21. The molecule has 2 aromatic carbocycles. The van der Waals surface area contributed by atoms with Crippen LogP contribution in [0.4, 0.5) is 10.1 Å². The lowest BCUT2D eigenvalue weighted by molar-refractivity contribution is -0.134. The van der Waals surface area contributed by atoms with Crippen LogP contribution in [0.3, 0.4) is 0 Å². The van der Waals surface area contributed by atoms with Gasteiger partial charge in [0.15, 0.2) is 24.0 Å². The minimum atomic E-state index is -1.07. The molecule has 0 aliphatic heterocycles. The van der Waals surface area contributed by atoms with E-state index in [1.807, 2.05) is 0 Å². The Hall–Kier alpha value is -5.78. The second-order valence-electron chi connectivity index (χ2n) is 7.77. The zero-order chi connectivity index (χ0) is 29.8. The summed E-state index contributed by atoms with van der Waals surface area (Å²) in [5.74, 6) is -1.74. The first-order valence-electron chi connectivity index (χ1n) is 11.3. The number of carboxylic acids is 1. The minimum absolute atomic E-state index is 0.00300. The van der Waals surface area contributed by atoms with Gasteiger partial charge in [-0.15, -0.1) is 5.10 Å². The summed E-state index contributed by atoms with van der Waals surface area (Å²) in [6.07, 6.45) is 4.02. The van der Waals surface area contributed by atoms with Crippen molar-refractivity contribution in [2.75, 3.05) is 19.0 Å². The number of nitriles is 1. The molecule has 0 saturated heterocycles. The van der Waals surface area contributed by atoms with E-state index < -0.39 is 30.1 Å². The van der Waals surface area contributed by atoms with E-state index in [2.05, 4.69) is 15.4 Å². The Bertz CT molecular complexity index is 1500. The topological polar surface area (TPSA) is 244 Å². The number of hydrogen-bond acceptors (Lipinski definition) is 10. The van der Waals surface area contributed by atoms with Crippen molar-refractivity contribution in [2.24, 2.45) is 17.2 Å². The first-order valence-corrected chi connectivity index (χ1v) is 11.3. The van der Waals surface area contributed by atoms with E-state index in [0.29, 0.717) is 11.3 Å². The summed E-state index contributed by atoms with van der Waals surface area (Å²) >= 11 is 0. The van der Waals surface area contributed by atoms with Gasteiger partial charge in [-0.25, -0.2) is 9.18 Å². The van der Waals surface area contributed by atoms with E-state index >= 15 is 4.39 Å². The SMILES string of the molecule is CC(=O)O.COc1cc(OCC#N)c(F)c(C(Nc2ccc(C(=N)N)cc2)c2nn(/C(N)=C/C=C\N)c(=O)[nH]2)c1. The number of allylic oxidation sites excluding steroid dienone is 2. The molecule has 10 N–H and O–H groups in total. The first-order chi connectivity index (χ1) is 19.0. The number of nitrogen functional groups attached to an aromatic ring is 1. The van der Waals surface area contributed by atoms with Gasteiger partial charge in [0.05, 0.1) is 7.11 Å². The van der Waals surface area contributed by atoms with Crippen LogP contribution in [0.5, 0.6) is 11.5 Å². The lowest BCUT2D eigenvalue weighted by Gasteiger charge is -2.21. The molecule has 1 atom stereocenters. The summed E-state index contributed by atoms with van der Waals surface area (Å²) in [5, 5.41) is 31.2. The molecule has 210 valence electrons. The van der Waals surface area contributed by atoms with Crippen LogP contribution >= 0.6 is 0 Å². The van der Waals surface area contributed by atoms with Gasteiger partial charge in [-0.2, -0.15) is 9.94 Å². The normalized spacial score (nSPS) is 11.6. The van der Waals surface area contributed by atoms with Crippen LogP contribution in [0.25, 0.3) is 5.82 Å². The highest BCUT2D eigenvalue weighted by molar-refractivity contribution is 5.95. The predicted octanol–water partition coefficient (Wildman–Crippen LogP) is 1.43. The van der Waals surface area contributed by atoms with Crippen molar-refractivity contribution < 1.29 is 23.8 Å². The van der Waals surface area contributed by atoms with Crippen LogP contribution in [0.2, 0.25) is 0 Å². The van der Waals surface area contributed by atoms with Gasteiger partial charge in [-0.05, 0) is 48.7 Å². The average Bonchev–Trinajstić information content (AvgIpc) is 3.31. The number of nitrogens with one attached hydrogen (secondary N) is 3. The third-order valence-corrected chi connectivity index (χ3v) is 4.92. The number of amidine groups is 1. The standard InChI is InChI=1S/C23H24FN9O3.C2H4O2/c1-35-15-11-16(19(24)17(12-15)36-10-9-26)20(30-14-6-4-13(5-7-14)21(28)29)22-31-23(34)33(32-22)18(27)3-2-8-25;1-2(3)4/h2-8,11-12,20,30H,10,25,27H2,1H3,(H3,28,29)(H,31,32,34);1H3,(H,3,4)/b8-2-,18-3+;. The molecule has 1 heterocycles. The van der Waals surface area contributed by atoms with Gasteiger partial charge in [0.1, 0.15) is 29.5 Å². The molecule has 1 unspecified atom stereocenters. The number of benzene rings is 2. The summed E-state index contributed by atoms with van der Waals surface area (Å²) in [7, 11) is 1.39. The largest absolute Gasteiger partial charge is 0.497 e. The molecule has 0 aliphatic carbocycles. The van der Waals surface area contributed by atoms with Crippen molar-refractivity contribution in [3.8, 4) is 17.6 Å². The fourth-order valence-electron chi connectivity index (χ4n) is 3.21. The van der Waals surface area contributed by atoms with E-state index in [1.54, 1.807) is 30.3 Å². The number of aliphatic carboxylic acids is 1. The highest BCUT2D eigenvalue weighted by atomic mass is 19.1. The van der Waals surface area contributed by atoms with Gasteiger partial charge < -0.3 is 37.1 Å². The van der Waals surface area contributed by atoms with Crippen LogP contribution in [0.15, 0.2) is 59.5 Å². The number of halogens is 1. The molecule has 0 radical (unpaired) electrons. The van der Waals surface area contributed by atoms with Gasteiger partial charge in [-0.3, -0.25) is 15.2 Å². The Kier molecular flexibility index (Phi) is 10.8. The maximum atomic E-state index is 15.6. The number of ether oxygens (including phenoxy) is 2. The second kappa shape index (κ2) is 14.2. The number of hydrogen-bond donors (Lipinski definition) is 7. The minimum Gasteiger partial charge on any atom is -0.497 e. The maximum absolute atomic E-state index is 15.6. The van der Waals surface area contributed by atoms with Crippen molar-refractivity contribution in [3.63, 3.8) is 0 Å². The second-order valence-corrected chi connectivity index (χ2v) is 7.77. The zero-order valence-electron chi connectivity index (χ0n) is 21.5. The maximum Gasteiger partial charge on any atom is 0.349 e. The third kappa shape index (κ3) is 8.11. The monoisotopic (exact) mass is 553 g/mol. The fourth-order valence-corrected chi connectivity index (χ4v) is 3.21. The Labute approximate surface area is 227 Å². The quantitative estimate of drug-likeness (QED) is 0.107. The van der Waals surface area contributed by atoms with Gasteiger partial charge in [0.25, 0.3) is 5.97 Å². The Morgan fingerprint density at radius 1 is 1.35 bits per heavy atom. The molecule has 15 heteroatoms. The van der Waals surface area contributed by atoms with E-state index in [-0.39, 0.29) is 34.5 Å². The van der Waals surface area contributed by atoms with E-state index in [0.717, 1.165) is 11.6 Å². The van der Waals surface area contributed by atoms with Crippen LogP contribution < -0.4 is 37.7 Å². The summed E-state index contributed by atoms with van der Waals surface area (Å²) in [6.45, 7) is 0.690. The lowest BCUT2D eigenvalue weighted by atomic mass is 10.0. The summed E-state index contributed by atoms with van der Waals surface area (Å²) in [4.78, 5) is 24.2. The summed E-state index contributed by atoms with van der Waals surface area (Å²) in [5.41, 5.74) is 17.1. The molecule has 0 spiro atoms. The fraction of sp³-hybridized carbons (Fsp3) is 0.160. The Morgan fingerprint density at radius 3 is 2.55 bits per heavy atom. The van der Waals surface area contributed by atoms with Crippen molar-refractivity contribution in [3.05, 3.63) is 88.0 Å². The molecular formula is C25H28FN9O5. The van der Waals surface area contributed by atoms with Gasteiger partial charge in [0, 0.05) is 29.8 Å². The average molecular weight is 554 g/mol.